The molecule has 1 aromatic heterocycles. The first-order valence-corrected chi connectivity index (χ1v) is 12.1. The minimum absolute atomic E-state index is 0.321. The highest BCUT2D eigenvalue weighted by Crippen LogP contribution is 2.28. The highest BCUT2D eigenvalue weighted by atomic mass is 79.9. The molecular formula is C26H24BrClN4O2. The van der Waals surface area contributed by atoms with Crippen molar-refractivity contribution in [1.82, 2.24) is 15.0 Å². The van der Waals surface area contributed by atoms with Gasteiger partial charge in [-0.15, -0.1) is 10.2 Å². The molecule has 4 rings (SSSR count). The molecule has 6 nitrogen and oxygen atoms in total. The number of unbranched alkanes of at least 4 members (excludes halogenated alkanes) is 1. The molecule has 34 heavy (non-hydrogen) atoms. The van der Waals surface area contributed by atoms with Crippen LogP contribution in [-0.4, -0.2) is 28.0 Å². The maximum absolute atomic E-state index is 12.5. The van der Waals surface area contributed by atoms with Crippen LogP contribution in [-0.2, 0) is 11.2 Å². The summed E-state index contributed by atoms with van der Waals surface area (Å²) in [7, 11) is 1.59. The van der Waals surface area contributed by atoms with Crippen LogP contribution in [0.3, 0.4) is 0 Å². The Kier molecular flexibility index (Phi) is 7.65. The van der Waals surface area contributed by atoms with Gasteiger partial charge in [-0.3, -0.25) is 4.79 Å². The number of nitrogens with one attached hydrogen (secondary N) is 1. The molecular weight excluding hydrogens is 516 g/mol. The summed E-state index contributed by atoms with van der Waals surface area (Å²) in [6.07, 6.45) is 6.52. The number of rotatable bonds is 8. The standard InChI is InChI=1S/C26H24BrClN4O2/c1-3-4-5-17-6-10-20(11-7-17)32-30-23-15-21(28)22(16-24(23)31-32)29-26(33)13-8-18-14-19(27)9-12-25(18)34-2/h6-16H,3-5H2,1-2H3,(H,29,33). The van der Waals surface area contributed by atoms with E-state index in [2.05, 4.69) is 50.5 Å². The molecule has 8 heteroatoms. The molecule has 1 heterocycles. The summed E-state index contributed by atoms with van der Waals surface area (Å²) in [6, 6.07) is 17.2. The van der Waals surface area contributed by atoms with Crippen LogP contribution in [0.4, 0.5) is 5.69 Å². The fraction of sp³-hybridized carbons (Fsp3) is 0.192. The highest BCUT2D eigenvalue weighted by Gasteiger charge is 2.11. The minimum atomic E-state index is -0.321. The lowest BCUT2D eigenvalue weighted by atomic mass is 10.1. The Balaban J connectivity index is 1.52. The smallest absolute Gasteiger partial charge is 0.248 e. The number of fused-ring (bicyclic) bond motifs is 1. The summed E-state index contributed by atoms with van der Waals surface area (Å²) >= 11 is 9.84. The molecule has 174 valence electrons. The average molecular weight is 540 g/mol. The molecule has 0 fully saturated rings. The summed E-state index contributed by atoms with van der Waals surface area (Å²) in [5.74, 6) is 0.347. The zero-order valence-corrected chi connectivity index (χ0v) is 21.2. The number of anilines is 1. The number of methoxy groups -OCH3 is 1. The quantitative estimate of drug-likeness (QED) is 0.249. The number of nitrogens with zero attached hydrogens (tertiary/aromatic N) is 3. The van der Waals surface area contributed by atoms with Crippen molar-refractivity contribution < 1.29 is 9.53 Å². The molecule has 4 aromatic rings. The number of amides is 1. The number of hydrogen-bond donors (Lipinski definition) is 1. The van der Waals surface area contributed by atoms with Crippen LogP contribution in [0.5, 0.6) is 5.75 Å². The van der Waals surface area contributed by atoms with Gasteiger partial charge in [-0.05, 0) is 66.9 Å². The molecule has 0 saturated heterocycles. The van der Waals surface area contributed by atoms with E-state index >= 15 is 0 Å². The Morgan fingerprint density at radius 2 is 1.85 bits per heavy atom. The predicted molar refractivity (Wildman–Crippen MR) is 141 cm³/mol. The number of hydrogen-bond acceptors (Lipinski definition) is 4. The van der Waals surface area contributed by atoms with Gasteiger partial charge in [0.05, 0.1) is 23.5 Å². The normalized spacial score (nSPS) is 11.3. The number of halogens is 2. The molecule has 0 unspecified atom stereocenters. The molecule has 1 N–H and O–H groups in total. The summed E-state index contributed by atoms with van der Waals surface area (Å²) in [5, 5.41) is 12.3. The number of aromatic nitrogens is 3. The van der Waals surface area contributed by atoms with Crippen LogP contribution < -0.4 is 10.1 Å². The summed E-state index contributed by atoms with van der Waals surface area (Å²) in [4.78, 5) is 14.1. The number of carbonyl (C=O) groups excluding carboxylic acids is 1. The summed E-state index contributed by atoms with van der Waals surface area (Å²) < 4.78 is 6.23. The van der Waals surface area contributed by atoms with E-state index < -0.39 is 0 Å². The molecule has 0 aliphatic rings. The van der Waals surface area contributed by atoms with Gasteiger partial charge in [-0.25, -0.2) is 0 Å². The lowest BCUT2D eigenvalue weighted by Gasteiger charge is -2.06. The van der Waals surface area contributed by atoms with Crippen molar-refractivity contribution >= 4 is 56.2 Å². The van der Waals surface area contributed by atoms with Crippen LogP contribution >= 0.6 is 27.5 Å². The highest BCUT2D eigenvalue weighted by molar-refractivity contribution is 9.10. The maximum Gasteiger partial charge on any atom is 0.248 e. The third-order valence-electron chi connectivity index (χ3n) is 5.32. The first kappa shape index (κ1) is 24.0. The van der Waals surface area contributed by atoms with E-state index in [9.17, 15) is 4.79 Å². The average Bonchev–Trinajstić information content (AvgIpc) is 3.24. The first-order chi connectivity index (χ1) is 16.5. The third kappa shape index (κ3) is 5.66. The van der Waals surface area contributed by atoms with E-state index in [1.807, 2.05) is 30.3 Å². The largest absolute Gasteiger partial charge is 0.496 e. The van der Waals surface area contributed by atoms with Crippen molar-refractivity contribution in [2.75, 3.05) is 12.4 Å². The lowest BCUT2D eigenvalue weighted by Crippen LogP contribution is -2.08. The van der Waals surface area contributed by atoms with Gasteiger partial charge in [0.2, 0.25) is 5.91 Å². The van der Waals surface area contributed by atoms with Crippen LogP contribution in [0.2, 0.25) is 5.02 Å². The minimum Gasteiger partial charge on any atom is -0.496 e. The Bertz CT molecular complexity index is 1350. The van der Waals surface area contributed by atoms with Crippen molar-refractivity contribution in [3.8, 4) is 11.4 Å². The molecule has 1 amide bonds. The van der Waals surface area contributed by atoms with Gasteiger partial charge >= 0.3 is 0 Å². The zero-order valence-electron chi connectivity index (χ0n) is 18.9. The van der Waals surface area contributed by atoms with Gasteiger partial charge in [0.1, 0.15) is 16.8 Å². The first-order valence-electron chi connectivity index (χ1n) is 11.0. The van der Waals surface area contributed by atoms with Crippen molar-refractivity contribution in [1.29, 1.82) is 0 Å². The number of ether oxygens (including phenoxy) is 1. The second-order valence-corrected chi connectivity index (χ2v) is 9.11. The molecule has 0 spiro atoms. The van der Waals surface area contributed by atoms with Crippen molar-refractivity contribution in [3.63, 3.8) is 0 Å². The Morgan fingerprint density at radius 3 is 2.56 bits per heavy atom. The van der Waals surface area contributed by atoms with Gasteiger partial charge in [0.15, 0.2) is 0 Å². The molecule has 3 aromatic carbocycles. The molecule has 0 bridgehead atoms. The van der Waals surface area contributed by atoms with Crippen molar-refractivity contribution in [2.24, 2.45) is 0 Å². The Hall–Kier alpha value is -3.16. The predicted octanol–water partition coefficient (Wildman–Crippen LogP) is 6.84. The number of benzene rings is 3. The van der Waals surface area contributed by atoms with Crippen molar-refractivity contribution in [2.45, 2.75) is 26.2 Å². The van der Waals surface area contributed by atoms with E-state index in [-0.39, 0.29) is 5.91 Å². The molecule has 0 atom stereocenters. The van der Waals surface area contributed by atoms with E-state index in [0.717, 1.165) is 22.1 Å². The van der Waals surface area contributed by atoms with Gasteiger partial charge in [-0.2, -0.15) is 4.80 Å². The number of aryl methyl sites for hydroxylation is 1. The SMILES string of the molecule is CCCCc1ccc(-n2nc3cc(Cl)c(NC(=O)C=Cc4cc(Br)ccc4OC)cc3n2)cc1. The topological polar surface area (TPSA) is 69.0 Å². The van der Waals surface area contributed by atoms with Crippen LogP contribution in [0.1, 0.15) is 30.9 Å². The van der Waals surface area contributed by atoms with E-state index in [4.69, 9.17) is 16.3 Å². The van der Waals surface area contributed by atoms with Crippen LogP contribution in [0.15, 0.2) is 65.1 Å². The second-order valence-electron chi connectivity index (χ2n) is 7.79. The molecule has 0 aliphatic carbocycles. The Morgan fingerprint density at radius 1 is 1.12 bits per heavy atom. The second kappa shape index (κ2) is 10.8. The number of carbonyl (C=O) groups is 1. The van der Waals surface area contributed by atoms with Gasteiger partial charge in [0, 0.05) is 16.1 Å². The van der Waals surface area contributed by atoms with E-state index in [0.29, 0.717) is 27.5 Å². The van der Waals surface area contributed by atoms with E-state index in [1.165, 1.54) is 24.5 Å². The molecule has 0 saturated carbocycles. The van der Waals surface area contributed by atoms with Crippen LogP contribution in [0, 0.1) is 0 Å². The lowest BCUT2D eigenvalue weighted by molar-refractivity contribution is -0.111. The summed E-state index contributed by atoms with van der Waals surface area (Å²) in [6.45, 7) is 2.19. The van der Waals surface area contributed by atoms with Gasteiger partial charge in [0.25, 0.3) is 0 Å². The monoisotopic (exact) mass is 538 g/mol. The third-order valence-corrected chi connectivity index (χ3v) is 6.13. The zero-order chi connectivity index (χ0) is 24.1. The van der Waals surface area contributed by atoms with Gasteiger partial charge < -0.3 is 10.1 Å². The fourth-order valence-electron chi connectivity index (χ4n) is 3.50. The van der Waals surface area contributed by atoms with Crippen molar-refractivity contribution in [3.05, 3.63) is 81.3 Å². The fourth-order valence-corrected chi connectivity index (χ4v) is 4.09. The maximum atomic E-state index is 12.5. The van der Waals surface area contributed by atoms with Crippen LogP contribution in [0.25, 0.3) is 22.8 Å². The molecule has 0 aliphatic heterocycles. The van der Waals surface area contributed by atoms with Gasteiger partial charge in [-0.1, -0.05) is 53.0 Å². The summed E-state index contributed by atoms with van der Waals surface area (Å²) in [5.41, 5.74) is 4.68. The van der Waals surface area contributed by atoms with E-state index in [1.54, 1.807) is 30.1 Å². The Labute approximate surface area is 211 Å². The molecule has 0 radical (unpaired) electrons.